The molecule has 1 N–H and O–H groups in total. The van der Waals surface area contributed by atoms with E-state index in [1.54, 1.807) is 24.4 Å². The number of nitrogens with one attached hydrogen (secondary N) is 1. The van der Waals surface area contributed by atoms with Gasteiger partial charge in [-0.05, 0) is 36.4 Å². The van der Waals surface area contributed by atoms with Crippen LogP contribution >= 0.6 is 0 Å². The van der Waals surface area contributed by atoms with Crippen LogP contribution in [0.1, 0.15) is 5.69 Å². The average molecular weight is 395 g/mol. The Morgan fingerprint density at radius 3 is 2.52 bits per heavy atom. The summed E-state index contributed by atoms with van der Waals surface area (Å²) in [4.78, 5) is 5.98. The number of halogens is 3. The zero-order valence-electron chi connectivity index (χ0n) is 13.6. The second-order valence-corrected chi connectivity index (χ2v) is 6.93. The summed E-state index contributed by atoms with van der Waals surface area (Å²) in [6.07, 6.45) is 1.57. The maximum atomic E-state index is 14.1. The van der Waals surface area contributed by atoms with E-state index in [1.807, 2.05) is 4.72 Å². The van der Waals surface area contributed by atoms with Crippen LogP contribution in [-0.4, -0.2) is 18.4 Å². The van der Waals surface area contributed by atoms with Gasteiger partial charge in [0.15, 0.2) is 11.6 Å². The Morgan fingerprint density at radius 1 is 1.04 bits per heavy atom. The first-order valence-electron chi connectivity index (χ1n) is 7.52. The number of anilines is 1. The molecule has 140 valence electrons. The molecule has 0 atom stereocenters. The van der Waals surface area contributed by atoms with E-state index >= 15 is 0 Å². The van der Waals surface area contributed by atoms with Gasteiger partial charge >= 0.3 is 0 Å². The quantitative estimate of drug-likeness (QED) is 0.648. The second kappa shape index (κ2) is 7.62. The highest BCUT2D eigenvalue weighted by atomic mass is 32.2. The minimum Gasteiger partial charge on any atom is -0.484 e. The highest BCUT2D eigenvalue weighted by molar-refractivity contribution is 7.92. The van der Waals surface area contributed by atoms with Crippen LogP contribution in [0.5, 0.6) is 5.75 Å². The minimum atomic E-state index is -4.42. The number of rotatable bonds is 6. The van der Waals surface area contributed by atoms with Gasteiger partial charge in [-0.3, -0.25) is 9.71 Å². The lowest BCUT2D eigenvalue weighted by Gasteiger charge is -2.11. The van der Waals surface area contributed by atoms with Gasteiger partial charge in [0, 0.05) is 12.3 Å². The molecular weight excluding hydrogens is 383 g/mol. The Kier molecular flexibility index (Phi) is 5.26. The normalized spacial score (nSPS) is 11.2. The fraction of sp³-hybridized carbons (Fsp3) is 0.0588. The molecule has 0 fully saturated rings. The number of hydrogen-bond acceptors (Lipinski definition) is 5. The lowest BCUT2D eigenvalue weighted by atomic mass is 10.3. The van der Waals surface area contributed by atoms with Crippen molar-refractivity contribution in [2.75, 3.05) is 4.72 Å². The summed E-state index contributed by atoms with van der Waals surface area (Å²) in [6, 6.07) is 9.94. The Balaban J connectivity index is 1.75. The van der Waals surface area contributed by atoms with Crippen LogP contribution in [0.15, 0.2) is 59.6 Å². The molecule has 0 saturated carbocycles. The summed E-state index contributed by atoms with van der Waals surface area (Å²) in [5.74, 6) is -3.60. The Bertz CT molecular complexity index is 1060. The molecule has 3 aromatic rings. The van der Waals surface area contributed by atoms with Crippen molar-refractivity contribution >= 4 is 15.7 Å². The molecule has 0 spiro atoms. The predicted octanol–water partition coefficient (Wildman–Crippen LogP) is 3.27. The molecular formula is C17H12F3N3O3S. The van der Waals surface area contributed by atoms with Crippen LogP contribution in [-0.2, 0) is 16.6 Å². The van der Waals surface area contributed by atoms with Gasteiger partial charge in [0.25, 0.3) is 10.0 Å². The molecule has 0 unspecified atom stereocenters. The number of hydrogen-bond donors (Lipinski definition) is 1. The van der Waals surface area contributed by atoms with E-state index in [0.717, 1.165) is 12.1 Å². The molecule has 1 aromatic carbocycles. The summed E-state index contributed by atoms with van der Waals surface area (Å²) >= 11 is 0. The molecule has 27 heavy (non-hydrogen) atoms. The molecule has 0 bridgehead atoms. The maximum Gasteiger partial charge on any atom is 0.266 e. The smallest absolute Gasteiger partial charge is 0.266 e. The molecule has 6 nitrogen and oxygen atoms in total. The third kappa shape index (κ3) is 4.53. The van der Waals surface area contributed by atoms with E-state index in [4.69, 9.17) is 4.74 Å². The van der Waals surface area contributed by atoms with E-state index in [2.05, 4.69) is 9.97 Å². The Hall–Kier alpha value is -3.14. The zero-order chi connectivity index (χ0) is 19.4. The third-order valence-electron chi connectivity index (χ3n) is 3.36. The fourth-order valence-corrected chi connectivity index (χ4v) is 3.19. The van der Waals surface area contributed by atoms with Gasteiger partial charge in [-0.1, -0.05) is 6.07 Å². The van der Waals surface area contributed by atoms with Crippen LogP contribution in [0.2, 0.25) is 0 Å². The number of nitrogens with zero attached hydrogens (tertiary/aromatic N) is 2. The fourth-order valence-electron chi connectivity index (χ4n) is 2.13. The number of sulfonamides is 1. The van der Waals surface area contributed by atoms with Gasteiger partial charge in [0.05, 0.1) is 11.4 Å². The molecule has 0 saturated heterocycles. The third-order valence-corrected chi connectivity index (χ3v) is 4.74. The van der Waals surface area contributed by atoms with E-state index in [9.17, 15) is 21.6 Å². The first-order valence-corrected chi connectivity index (χ1v) is 9.00. The summed E-state index contributed by atoms with van der Waals surface area (Å²) in [6.45, 7) is 0.0231. The molecule has 2 heterocycles. The SMILES string of the molecule is O=S(=O)(Nc1ccc(OCc2ccccn2)c(F)c1)c1ccc(F)nc1F. The van der Waals surface area contributed by atoms with E-state index < -0.39 is 32.6 Å². The Labute approximate surface area is 152 Å². The maximum absolute atomic E-state index is 14.1. The number of ether oxygens (including phenoxy) is 1. The molecule has 0 aliphatic heterocycles. The van der Waals surface area contributed by atoms with Crippen molar-refractivity contribution in [2.45, 2.75) is 11.5 Å². The van der Waals surface area contributed by atoms with Crippen molar-refractivity contribution in [1.29, 1.82) is 0 Å². The van der Waals surface area contributed by atoms with Gasteiger partial charge in [-0.25, -0.2) is 12.8 Å². The topological polar surface area (TPSA) is 81.2 Å². The van der Waals surface area contributed by atoms with Crippen molar-refractivity contribution in [2.24, 2.45) is 0 Å². The van der Waals surface area contributed by atoms with Crippen molar-refractivity contribution in [3.05, 3.63) is 78.1 Å². The van der Waals surface area contributed by atoms with Crippen LogP contribution in [0.25, 0.3) is 0 Å². The lowest BCUT2D eigenvalue weighted by molar-refractivity contribution is 0.286. The summed E-state index contributed by atoms with van der Waals surface area (Å²) in [5.41, 5.74) is 0.419. The Morgan fingerprint density at radius 2 is 1.85 bits per heavy atom. The average Bonchev–Trinajstić information content (AvgIpc) is 2.61. The predicted molar refractivity (Wildman–Crippen MR) is 89.9 cm³/mol. The summed E-state index contributed by atoms with van der Waals surface area (Å²) in [5, 5.41) is 0. The van der Waals surface area contributed by atoms with Crippen molar-refractivity contribution in [3.8, 4) is 5.75 Å². The highest BCUT2D eigenvalue weighted by Gasteiger charge is 2.21. The van der Waals surface area contributed by atoms with Crippen molar-refractivity contribution in [1.82, 2.24) is 9.97 Å². The summed E-state index contributed by atoms with van der Waals surface area (Å²) < 4.78 is 72.2. The monoisotopic (exact) mass is 395 g/mol. The van der Waals surface area contributed by atoms with Crippen LogP contribution < -0.4 is 9.46 Å². The van der Waals surface area contributed by atoms with Gasteiger partial charge < -0.3 is 4.74 Å². The number of benzene rings is 1. The molecule has 0 aliphatic rings. The van der Waals surface area contributed by atoms with Crippen molar-refractivity contribution in [3.63, 3.8) is 0 Å². The standard InChI is InChI=1S/C17H12F3N3O3S/c18-13-9-11(4-5-14(13)26-10-12-3-1-2-8-21-12)23-27(24,25)15-6-7-16(19)22-17(15)20/h1-9,23H,10H2. The second-order valence-electron chi connectivity index (χ2n) is 5.28. The highest BCUT2D eigenvalue weighted by Crippen LogP contribution is 2.24. The first-order chi connectivity index (χ1) is 12.8. The van der Waals surface area contributed by atoms with Crippen LogP contribution in [0, 0.1) is 17.7 Å². The first kappa shape index (κ1) is 18.6. The van der Waals surface area contributed by atoms with Crippen LogP contribution in [0.3, 0.4) is 0 Å². The van der Waals surface area contributed by atoms with Crippen LogP contribution in [0.4, 0.5) is 18.9 Å². The largest absolute Gasteiger partial charge is 0.484 e. The van der Waals surface area contributed by atoms with Gasteiger partial charge in [0.2, 0.25) is 11.9 Å². The molecule has 3 rings (SSSR count). The zero-order valence-corrected chi connectivity index (χ0v) is 14.4. The number of pyridine rings is 2. The minimum absolute atomic E-state index is 0.0231. The lowest BCUT2D eigenvalue weighted by Crippen LogP contribution is -2.15. The number of aromatic nitrogens is 2. The molecule has 2 aromatic heterocycles. The summed E-state index contributed by atoms with van der Waals surface area (Å²) in [7, 11) is -4.42. The molecule has 0 radical (unpaired) electrons. The van der Waals surface area contributed by atoms with E-state index in [-0.39, 0.29) is 18.0 Å². The van der Waals surface area contributed by atoms with Gasteiger partial charge in [-0.15, -0.1) is 0 Å². The molecule has 0 aliphatic carbocycles. The molecule has 10 heteroatoms. The van der Waals surface area contributed by atoms with Gasteiger partial charge in [0.1, 0.15) is 11.5 Å². The van der Waals surface area contributed by atoms with E-state index in [1.165, 1.54) is 12.1 Å². The molecule has 0 amide bonds. The van der Waals surface area contributed by atoms with Gasteiger partial charge in [-0.2, -0.15) is 13.8 Å². The van der Waals surface area contributed by atoms with E-state index in [0.29, 0.717) is 11.8 Å². The van der Waals surface area contributed by atoms with Crippen molar-refractivity contribution < 1.29 is 26.3 Å².